The van der Waals surface area contributed by atoms with Crippen LogP contribution < -0.4 is 5.32 Å². The Morgan fingerprint density at radius 3 is 2.29 bits per heavy atom. The van der Waals surface area contributed by atoms with Crippen LogP contribution in [0.1, 0.15) is 45.4 Å². The first-order valence-electron chi connectivity index (χ1n) is 6.27. The quantitative estimate of drug-likeness (QED) is 0.729. The topological polar surface area (TPSA) is 15.3 Å². The van der Waals surface area contributed by atoms with Crippen molar-refractivity contribution in [3.63, 3.8) is 0 Å². The van der Waals surface area contributed by atoms with E-state index in [4.69, 9.17) is 0 Å². The molecule has 1 aliphatic heterocycles. The maximum atomic E-state index is 3.33. The van der Waals surface area contributed by atoms with E-state index in [-0.39, 0.29) is 0 Å². The van der Waals surface area contributed by atoms with Gasteiger partial charge in [-0.3, -0.25) is 4.90 Å². The van der Waals surface area contributed by atoms with Crippen molar-refractivity contribution in [2.75, 3.05) is 26.7 Å². The van der Waals surface area contributed by atoms with Crippen molar-refractivity contribution in [3.8, 4) is 0 Å². The van der Waals surface area contributed by atoms with Crippen LogP contribution >= 0.6 is 0 Å². The second-order valence-electron chi connectivity index (χ2n) is 4.45. The minimum absolute atomic E-state index is 0.781. The lowest BCUT2D eigenvalue weighted by Gasteiger charge is -2.30. The number of hydrogen-bond donors (Lipinski definition) is 1. The third kappa shape index (κ3) is 3.97. The zero-order valence-electron chi connectivity index (χ0n) is 9.89. The molecule has 14 heavy (non-hydrogen) atoms. The molecule has 0 saturated carbocycles. The van der Waals surface area contributed by atoms with Crippen molar-refractivity contribution in [2.45, 2.75) is 51.5 Å². The van der Waals surface area contributed by atoms with E-state index in [0.717, 1.165) is 12.6 Å². The van der Waals surface area contributed by atoms with Gasteiger partial charge in [0, 0.05) is 12.6 Å². The molecule has 0 radical (unpaired) electrons. The van der Waals surface area contributed by atoms with Crippen LogP contribution in [0.2, 0.25) is 0 Å². The molecule has 1 unspecified atom stereocenters. The molecule has 2 heteroatoms. The SMILES string of the molecule is CCCC(CNC)N1CCCCCC1. The zero-order chi connectivity index (χ0) is 10.2. The average Bonchev–Trinajstić information content (AvgIpc) is 2.45. The van der Waals surface area contributed by atoms with Crippen molar-refractivity contribution in [2.24, 2.45) is 0 Å². The molecule has 0 aromatic heterocycles. The summed E-state index contributed by atoms with van der Waals surface area (Å²) in [6, 6.07) is 0.781. The molecule has 0 amide bonds. The summed E-state index contributed by atoms with van der Waals surface area (Å²) in [6.45, 7) is 6.10. The normalized spacial score (nSPS) is 21.9. The Morgan fingerprint density at radius 2 is 1.79 bits per heavy atom. The Kier molecular flexibility index (Phi) is 6.20. The highest BCUT2D eigenvalue weighted by molar-refractivity contribution is 4.75. The van der Waals surface area contributed by atoms with Crippen LogP contribution in [0.5, 0.6) is 0 Å². The van der Waals surface area contributed by atoms with Gasteiger partial charge < -0.3 is 5.32 Å². The Morgan fingerprint density at radius 1 is 1.14 bits per heavy atom. The Bertz CT molecular complexity index is 122. The number of hydrogen-bond acceptors (Lipinski definition) is 2. The largest absolute Gasteiger partial charge is 0.318 e. The number of likely N-dealkylation sites (N-methyl/N-ethyl adjacent to an activating group) is 1. The zero-order valence-corrected chi connectivity index (χ0v) is 9.89. The highest BCUT2D eigenvalue weighted by atomic mass is 15.2. The molecule has 84 valence electrons. The van der Waals surface area contributed by atoms with Gasteiger partial charge in [-0.1, -0.05) is 26.2 Å². The number of likely N-dealkylation sites (tertiary alicyclic amines) is 1. The van der Waals surface area contributed by atoms with Gasteiger partial charge in [-0.2, -0.15) is 0 Å². The first kappa shape index (κ1) is 12.0. The van der Waals surface area contributed by atoms with Crippen LogP contribution in [0, 0.1) is 0 Å². The second kappa shape index (κ2) is 7.24. The summed E-state index contributed by atoms with van der Waals surface area (Å²) < 4.78 is 0. The van der Waals surface area contributed by atoms with E-state index in [1.807, 2.05) is 0 Å². The van der Waals surface area contributed by atoms with Gasteiger partial charge in [0.05, 0.1) is 0 Å². The molecule has 0 aromatic rings. The Hall–Kier alpha value is -0.0800. The number of nitrogens with one attached hydrogen (secondary N) is 1. The first-order chi connectivity index (χ1) is 6.88. The van der Waals surface area contributed by atoms with E-state index in [9.17, 15) is 0 Å². The van der Waals surface area contributed by atoms with E-state index in [0.29, 0.717) is 0 Å². The van der Waals surface area contributed by atoms with Gasteiger partial charge in [0.2, 0.25) is 0 Å². The van der Waals surface area contributed by atoms with E-state index in [2.05, 4.69) is 24.2 Å². The van der Waals surface area contributed by atoms with Gasteiger partial charge in [0.1, 0.15) is 0 Å². The highest BCUT2D eigenvalue weighted by Gasteiger charge is 2.17. The predicted molar refractivity (Wildman–Crippen MR) is 62.7 cm³/mol. The number of nitrogens with zero attached hydrogens (tertiary/aromatic N) is 1. The van der Waals surface area contributed by atoms with E-state index in [1.165, 1.54) is 51.6 Å². The fraction of sp³-hybridized carbons (Fsp3) is 1.00. The monoisotopic (exact) mass is 198 g/mol. The molecule has 1 aliphatic rings. The lowest BCUT2D eigenvalue weighted by Crippen LogP contribution is -2.42. The third-order valence-electron chi connectivity index (χ3n) is 3.22. The summed E-state index contributed by atoms with van der Waals surface area (Å²) in [5.41, 5.74) is 0. The van der Waals surface area contributed by atoms with Crippen molar-refractivity contribution in [3.05, 3.63) is 0 Å². The molecule has 0 bridgehead atoms. The van der Waals surface area contributed by atoms with Crippen molar-refractivity contribution < 1.29 is 0 Å². The molecular formula is C12H26N2. The van der Waals surface area contributed by atoms with Gasteiger partial charge in [-0.25, -0.2) is 0 Å². The molecule has 1 N–H and O–H groups in total. The van der Waals surface area contributed by atoms with Crippen LogP contribution in [-0.4, -0.2) is 37.6 Å². The van der Waals surface area contributed by atoms with Crippen molar-refractivity contribution in [1.29, 1.82) is 0 Å². The molecule has 1 saturated heterocycles. The summed E-state index contributed by atoms with van der Waals surface area (Å²) in [4.78, 5) is 2.70. The van der Waals surface area contributed by atoms with Crippen LogP contribution in [0.25, 0.3) is 0 Å². The van der Waals surface area contributed by atoms with Crippen molar-refractivity contribution >= 4 is 0 Å². The molecule has 1 atom stereocenters. The second-order valence-corrected chi connectivity index (χ2v) is 4.45. The van der Waals surface area contributed by atoms with Gasteiger partial charge >= 0.3 is 0 Å². The molecule has 0 spiro atoms. The van der Waals surface area contributed by atoms with E-state index < -0.39 is 0 Å². The Labute approximate surface area is 89.1 Å². The minimum atomic E-state index is 0.781. The molecule has 2 nitrogen and oxygen atoms in total. The molecule has 0 aliphatic carbocycles. The molecule has 1 fully saturated rings. The Balaban J connectivity index is 2.38. The lowest BCUT2D eigenvalue weighted by atomic mass is 10.1. The molecular weight excluding hydrogens is 172 g/mol. The van der Waals surface area contributed by atoms with Gasteiger partial charge in [-0.05, 0) is 39.4 Å². The third-order valence-corrected chi connectivity index (χ3v) is 3.22. The fourth-order valence-corrected chi connectivity index (χ4v) is 2.44. The van der Waals surface area contributed by atoms with Crippen LogP contribution in [-0.2, 0) is 0 Å². The van der Waals surface area contributed by atoms with Crippen LogP contribution in [0.3, 0.4) is 0 Å². The van der Waals surface area contributed by atoms with E-state index >= 15 is 0 Å². The summed E-state index contributed by atoms with van der Waals surface area (Å²) in [6.07, 6.45) is 8.35. The highest BCUT2D eigenvalue weighted by Crippen LogP contribution is 2.14. The summed E-state index contributed by atoms with van der Waals surface area (Å²) in [7, 11) is 2.07. The predicted octanol–water partition coefficient (Wildman–Crippen LogP) is 2.25. The summed E-state index contributed by atoms with van der Waals surface area (Å²) in [5.74, 6) is 0. The molecule has 1 rings (SSSR count). The molecule has 0 aromatic carbocycles. The lowest BCUT2D eigenvalue weighted by molar-refractivity contribution is 0.190. The smallest absolute Gasteiger partial charge is 0.0220 e. The summed E-state index contributed by atoms with van der Waals surface area (Å²) >= 11 is 0. The maximum absolute atomic E-state index is 3.33. The van der Waals surface area contributed by atoms with Crippen LogP contribution in [0.4, 0.5) is 0 Å². The van der Waals surface area contributed by atoms with Crippen LogP contribution in [0.15, 0.2) is 0 Å². The average molecular weight is 198 g/mol. The summed E-state index contributed by atoms with van der Waals surface area (Å²) in [5, 5.41) is 3.33. The number of rotatable bonds is 5. The fourth-order valence-electron chi connectivity index (χ4n) is 2.44. The van der Waals surface area contributed by atoms with E-state index in [1.54, 1.807) is 0 Å². The van der Waals surface area contributed by atoms with Gasteiger partial charge in [-0.15, -0.1) is 0 Å². The maximum Gasteiger partial charge on any atom is 0.0220 e. The standard InChI is InChI=1S/C12H26N2/c1-3-8-12(11-13-2)14-9-6-4-5-7-10-14/h12-13H,3-11H2,1-2H3. The minimum Gasteiger partial charge on any atom is -0.318 e. The molecule has 1 heterocycles. The first-order valence-corrected chi connectivity index (χ1v) is 6.27. The van der Waals surface area contributed by atoms with Crippen molar-refractivity contribution in [1.82, 2.24) is 10.2 Å². The van der Waals surface area contributed by atoms with Gasteiger partial charge in [0.15, 0.2) is 0 Å². The van der Waals surface area contributed by atoms with Gasteiger partial charge in [0.25, 0.3) is 0 Å².